The average Bonchev–Trinajstić information content (AvgIpc) is 2.52. The molecule has 0 saturated carbocycles. The van der Waals surface area contributed by atoms with E-state index in [4.69, 9.17) is 4.74 Å². The summed E-state index contributed by atoms with van der Waals surface area (Å²) in [7, 11) is 1.55. The molecular formula is C8H15N3O3. The van der Waals surface area contributed by atoms with Crippen LogP contribution in [0, 0.1) is 6.92 Å². The van der Waals surface area contributed by atoms with Gasteiger partial charge in [0.05, 0.1) is 12.7 Å². The fourth-order valence-corrected chi connectivity index (χ4v) is 1.02. The van der Waals surface area contributed by atoms with Crippen molar-refractivity contribution in [2.45, 2.75) is 19.6 Å². The van der Waals surface area contributed by atoms with Gasteiger partial charge in [0.2, 0.25) is 0 Å². The van der Waals surface area contributed by atoms with Gasteiger partial charge in [-0.05, 0) is 6.92 Å². The van der Waals surface area contributed by atoms with Crippen LogP contribution in [-0.2, 0) is 11.3 Å². The van der Waals surface area contributed by atoms with Crippen molar-refractivity contribution in [3.05, 3.63) is 11.4 Å². The molecule has 1 aromatic rings. The van der Waals surface area contributed by atoms with Crippen LogP contribution in [0.1, 0.15) is 11.4 Å². The van der Waals surface area contributed by atoms with E-state index in [9.17, 15) is 5.11 Å². The predicted molar refractivity (Wildman–Crippen MR) is 48.6 cm³/mol. The molecule has 14 heavy (non-hydrogen) atoms. The first-order valence-electron chi connectivity index (χ1n) is 4.39. The maximum Gasteiger partial charge on any atom is 0.121 e. The Morgan fingerprint density at radius 3 is 2.93 bits per heavy atom. The largest absolute Gasteiger partial charge is 0.389 e. The number of hydrogen-bond donors (Lipinski definition) is 2. The zero-order valence-electron chi connectivity index (χ0n) is 8.36. The average molecular weight is 201 g/mol. The molecule has 0 aliphatic carbocycles. The SMILES string of the molecule is COCC(O)CNCc1nonc1C. The van der Waals surface area contributed by atoms with Gasteiger partial charge in [-0.2, -0.15) is 0 Å². The molecular weight excluding hydrogens is 186 g/mol. The first-order valence-corrected chi connectivity index (χ1v) is 4.39. The molecule has 1 atom stereocenters. The Bertz CT molecular complexity index is 264. The zero-order valence-corrected chi connectivity index (χ0v) is 8.36. The molecule has 1 aromatic heterocycles. The molecule has 80 valence electrons. The molecule has 6 nitrogen and oxygen atoms in total. The van der Waals surface area contributed by atoms with Gasteiger partial charge in [-0.25, -0.2) is 4.63 Å². The molecule has 0 amide bonds. The summed E-state index contributed by atoms with van der Waals surface area (Å²) in [4.78, 5) is 0. The van der Waals surface area contributed by atoms with Gasteiger partial charge in [0, 0.05) is 20.2 Å². The summed E-state index contributed by atoms with van der Waals surface area (Å²) in [6.45, 7) is 3.14. The van der Waals surface area contributed by atoms with Crippen molar-refractivity contribution in [1.82, 2.24) is 15.6 Å². The van der Waals surface area contributed by atoms with E-state index in [0.29, 0.717) is 19.7 Å². The zero-order chi connectivity index (χ0) is 10.4. The van der Waals surface area contributed by atoms with Crippen LogP contribution in [0.15, 0.2) is 4.63 Å². The minimum absolute atomic E-state index is 0.322. The van der Waals surface area contributed by atoms with Crippen molar-refractivity contribution in [1.29, 1.82) is 0 Å². The number of aliphatic hydroxyl groups is 1. The summed E-state index contributed by atoms with van der Waals surface area (Å²) < 4.78 is 9.30. The number of aromatic nitrogens is 2. The minimum Gasteiger partial charge on any atom is -0.389 e. The topological polar surface area (TPSA) is 80.4 Å². The first-order chi connectivity index (χ1) is 6.74. The summed E-state index contributed by atoms with van der Waals surface area (Å²) in [6, 6.07) is 0. The van der Waals surface area contributed by atoms with Crippen molar-refractivity contribution < 1.29 is 14.5 Å². The summed E-state index contributed by atoms with van der Waals surface area (Å²) in [6.07, 6.45) is -0.500. The maximum atomic E-state index is 9.30. The van der Waals surface area contributed by atoms with Gasteiger partial charge in [0.15, 0.2) is 0 Å². The molecule has 0 saturated heterocycles. The van der Waals surface area contributed by atoms with Crippen LogP contribution < -0.4 is 5.32 Å². The van der Waals surface area contributed by atoms with Crippen LogP contribution in [0.3, 0.4) is 0 Å². The quantitative estimate of drug-likeness (QED) is 0.644. The molecule has 0 aliphatic heterocycles. The number of hydrogen-bond acceptors (Lipinski definition) is 6. The van der Waals surface area contributed by atoms with Gasteiger partial charge < -0.3 is 15.2 Å². The molecule has 2 N–H and O–H groups in total. The number of ether oxygens (including phenoxy) is 1. The van der Waals surface area contributed by atoms with E-state index in [1.807, 2.05) is 6.92 Å². The van der Waals surface area contributed by atoms with Crippen molar-refractivity contribution in [2.75, 3.05) is 20.3 Å². The van der Waals surface area contributed by atoms with E-state index in [1.54, 1.807) is 7.11 Å². The second kappa shape index (κ2) is 5.69. The van der Waals surface area contributed by atoms with E-state index >= 15 is 0 Å². The third-order valence-electron chi connectivity index (χ3n) is 1.78. The lowest BCUT2D eigenvalue weighted by molar-refractivity contribution is 0.0643. The molecule has 0 fully saturated rings. The fraction of sp³-hybridized carbons (Fsp3) is 0.750. The van der Waals surface area contributed by atoms with Crippen LogP contribution in [0.5, 0.6) is 0 Å². The molecule has 1 rings (SSSR count). The Hall–Kier alpha value is -0.980. The highest BCUT2D eigenvalue weighted by atomic mass is 16.6. The van der Waals surface area contributed by atoms with Gasteiger partial charge in [0.1, 0.15) is 11.4 Å². The number of nitrogens with zero attached hydrogens (tertiary/aromatic N) is 2. The Labute approximate surface area is 82.2 Å². The van der Waals surface area contributed by atoms with Crippen molar-refractivity contribution in [2.24, 2.45) is 0 Å². The Balaban J connectivity index is 2.19. The predicted octanol–water partition coefficient (Wildman–Crippen LogP) is -0.525. The number of nitrogens with one attached hydrogen (secondary N) is 1. The third kappa shape index (κ3) is 3.41. The number of aryl methyl sites for hydroxylation is 1. The van der Waals surface area contributed by atoms with E-state index < -0.39 is 6.10 Å². The Kier molecular flexibility index (Phi) is 4.51. The van der Waals surface area contributed by atoms with Gasteiger partial charge in [-0.3, -0.25) is 0 Å². The monoisotopic (exact) mass is 201 g/mol. The fourth-order valence-electron chi connectivity index (χ4n) is 1.02. The third-order valence-corrected chi connectivity index (χ3v) is 1.78. The van der Waals surface area contributed by atoms with E-state index in [0.717, 1.165) is 11.4 Å². The second-order valence-corrected chi connectivity index (χ2v) is 3.04. The highest BCUT2D eigenvalue weighted by Crippen LogP contribution is 1.98. The Morgan fingerprint density at radius 1 is 1.57 bits per heavy atom. The molecule has 0 bridgehead atoms. The van der Waals surface area contributed by atoms with Gasteiger partial charge >= 0.3 is 0 Å². The van der Waals surface area contributed by atoms with Gasteiger partial charge in [-0.1, -0.05) is 10.3 Å². The standard InChI is InChI=1S/C8H15N3O3/c1-6-8(11-14-10-6)4-9-3-7(12)5-13-2/h7,9,12H,3-5H2,1-2H3. The summed E-state index contributed by atoms with van der Waals surface area (Å²) in [5.74, 6) is 0. The smallest absolute Gasteiger partial charge is 0.121 e. The van der Waals surface area contributed by atoms with Crippen LogP contribution in [0.4, 0.5) is 0 Å². The summed E-state index contributed by atoms with van der Waals surface area (Å²) >= 11 is 0. The van der Waals surface area contributed by atoms with Crippen LogP contribution in [0.25, 0.3) is 0 Å². The minimum atomic E-state index is -0.500. The number of rotatable bonds is 6. The van der Waals surface area contributed by atoms with Crippen LogP contribution >= 0.6 is 0 Å². The van der Waals surface area contributed by atoms with Gasteiger partial charge in [-0.15, -0.1) is 0 Å². The molecule has 1 unspecified atom stereocenters. The van der Waals surface area contributed by atoms with Gasteiger partial charge in [0.25, 0.3) is 0 Å². The lowest BCUT2D eigenvalue weighted by atomic mass is 10.3. The summed E-state index contributed by atoms with van der Waals surface area (Å²) in [5, 5.41) is 19.7. The van der Waals surface area contributed by atoms with Crippen LogP contribution in [-0.4, -0.2) is 41.8 Å². The van der Waals surface area contributed by atoms with Crippen molar-refractivity contribution in [3.8, 4) is 0 Å². The van der Waals surface area contributed by atoms with E-state index in [2.05, 4.69) is 20.3 Å². The molecule has 0 spiro atoms. The maximum absolute atomic E-state index is 9.30. The first kappa shape index (κ1) is 11.1. The summed E-state index contributed by atoms with van der Waals surface area (Å²) in [5.41, 5.74) is 1.52. The Morgan fingerprint density at radius 2 is 2.36 bits per heavy atom. The lowest BCUT2D eigenvalue weighted by Crippen LogP contribution is -2.29. The lowest BCUT2D eigenvalue weighted by Gasteiger charge is -2.09. The van der Waals surface area contributed by atoms with E-state index in [-0.39, 0.29) is 0 Å². The van der Waals surface area contributed by atoms with Crippen molar-refractivity contribution >= 4 is 0 Å². The molecule has 0 radical (unpaired) electrons. The van der Waals surface area contributed by atoms with E-state index in [1.165, 1.54) is 0 Å². The number of methoxy groups -OCH3 is 1. The normalized spacial score (nSPS) is 13.1. The van der Waals surface area contributed by atoms with Crippen LogP contribution in [0.2, 0.25) is 0 Å². The van der Waals surface area contributed by atoms with Crippen molar-refractivity contribution in [3.63, 3.8) is 0 Å². The molecule has 1 heterocycles. The second-order valence-electron chi connectivity index (χ2n) is 3.04. The highest BCUT2D eigenvalue weighted by molar-refractivity contribution is 5.03. The number of aliphatic hydroxyl groups excluding tert-OH is 1. The molecule has 6 heteroatoms. The highest BCUT2D eigenvalue weighted by Gasteiger charge is 2.06. The molecule has 0 aliphatic rings. The molecule has 0 aromatic carbocycles.